The molecule has 11 heavy (non-hydrogen) atoms. The lowest BCUT2D eigenvalue weighted by atomic mass is 10.2. The lowest BCUT2D eigenvalue weighted by Crippen LogP contribution is -2.03. The zero-order valence-electron chi connectivity index (χ0n) is 5.62. The monoisotopic (exact) mass is 263 g/mol. The van der Waals surface area contributed by atoms with Crippen LogP contribution in [0.15, 0.2) is 18.3 Å². The Hall–Kier alpha value is -0.650. The van der Waals surface area contributed by atoms with Gasteiger partial charge < -0.3 is 5.11 Å². The molecule has 0 amide bonds. The number of aromatic nitrogens is 1. The third-order valence-electron chi connectivity index (χ3n) is 1.24. The van der Waals surface area contributed by atoms with E-state index in [9.17, 15) is 4.79 Å². The number of hydrogen-bond donors (Lipinski definition) is 1. The van der Waals surface area contributed by atoms with Crippen LogP contribution in [0.1, 0.15) is 16.1 Å². The van der Waals surface area contributed by atoms with Crippen molar-refractivity contribution in [3.05, 3.63) is 29.6 Å². The molecule has 0 fully saturated rings. The van der Waals surface area contributed by atoms with E-state index in [1.807, 2.05) is 0 Å². The topological polar surface area (TPSA) is 50.2 Å². The van der Waals surface area contributed by atoms with E-state index in [-0.39, 0.29) is 5.69 Å². The van der Waals surface area contributed by atoms with Gasteiger partial charge in [0.25, 0.3) is 0 Å². The highest BCUT2D eigenvalue weighted by atomic mass is 127. The first-order valence-electron chi connectivity index (χ1n) is 2.99. The number of aromatic carboxylic acids is 1. The highest BCUT2D eigenvalue weighted by Gasteiger charge is 2.08. The van der Waals surface area contributed by atoms with Crippen LogP contribution < -0.4 is 0 Å². The summed E-state index contributed by atoms with van der Waals surface area (Å²) >= 11 is 2.11. The van der Waals surface area contributed by atoms with Gasteiger partial charge in [-0.05, 0) is 11.6 Å². The van der Waals surface area contributed by atoms with Gasteiger partial charge in [-0.3, -0.25) is 0 Å². The SMILES string of the molecule is O=C(O)c1ncccc1CI. The molecular weight excluding hydrogens is 257 g/mol. The zero-order valence-corrected chi connectivity index (χ0v) is 7.78. The maximum atomic E-state index is 10.5. The maximum absolute atomic E-state index is 10.5. The lowest BCUT2D eigenvalue weighted by molar-refractivity contribution is 0.0689. The van der Waals surface area contributed by atoms with Gasteiger partial charge >= 0.3 is 5.97 Å². The van der Waals surface area contributed by atoms with Crippen LogP contribution in [0.25, 0.3) is 0 Å². The Labute approximate surface area is 77.6 Å². The third kappa shape index (κ3) is 1.89. The Balaban J connectivity index is 3.12. The van der Waals surface area contributed by atoms with Crippen LogP contribution in [0.5, 0.6) is 0 Å². The van der Waals surface area contributed by atoms with Gasteiger partial charge in [-0.15, -0.1) is 0 Å². The number of pyridine rings is 1. The summed E-state index contributed by atoms with van der Waals surface area (Å²) in [6, 6.07) is 3.50. The van der Waals surface area contributed by atoms with E-state index in [0.29, 0.717) is 4.43 Å². The normalized spacial score (nSPS) is 9.55. The number of carboxylic acids is 1. The van der Waals surface area contributed by atoms with E-state index >= 15 is 0 Å². The summed E-state index contributed by atoms with van der Waals surface area (Å²) in [6.45, 7) is 0. The van der Waals surface area contributed by atoms with Crippen molar-refractivity contribution in [3.63, 3.8) is 0 Å². The molecule has 0 aromatic carbocycles. The molecule has 0 radical (unpaired) electrons. The van der Waals surface area contributed by atoms with Crippen molar-refractivity contribution in [2.45, 2.75) is 4.43 Å². The summed E-state index contributed by atoms with van der Waals surface area (Å²) in [7, 11) is 0. The van der Waals surface area contributed by atoms with Crippen LogP contribution in [0.3, 0.4) is 0 Å². The fourth-order valence-corrected chi connectivity index (χ4v) is 1.35. The number of nitrogens with zero attached hydrogens (tertiary/aromatic N) is 1. The van der Waals surface area contributed by atoms with Crippen molar-refractivity contribution in [1.82, 2.24) is 4.98 Å². The van der Waals surface area contributed by atoms with Crippen molar-refractivity contribution < 1.29 is 9.90 Å². The summed E-state index contributed by atoms with van der Waals surface area (Å²) in [5.74, 6) is -0.961. The van der Waals surface area contributed by atoms with Gasteiger partial charge in [-0.2, -0.15) is 0 Å². The summed E-state index contributed by atoms with van der Waals surface area (Å²) in [4.78, 5) is 14.3. The first-order valence-corrected chi connectivity index (χ1v) is 4.51. The second-order valence-electron chi connectivity index (χ2n) is 1.95. The quantitative estimate of drug-likeness (QED) is 0.652. The minimum atomic E-state index is -0.961. The summed E-state index contributed by atoms with van der Waals surface area (Å²) in [5.41, 5.74) is 0.919. The largest absolute Gasteiger partial charge is 0.477 e. The molecule has 0 atom stereocenters. The van der Waals surface area contributed by atoms with Gasteiger partial charge in [0.1, 0.15) is 0 Å². The Morgan fingerprint density at radius 2 is 2.45 bits per heavy atom. The summed E-state index contributed by atoms with van der Waals surface area (Å²) in [6.07, 6.45) is 1.49. The molecule has 0 bridgehead atoms. The van der Waals surface area contributed by atoms with Gasteiger partial charge in [0.05, 0.1) is 0 Å². The van der Waals surface area contributed by atoms with E-state index < -0.39 is 5.97 Å². The smallest absolute Gasteiger partial charge is 0.354 e. The standard InChI is InChI=1S/C7H6INO2/c8-4-5-2-1-3-9-6(5)7(10)11/h1-3H,4H2,(H,10,11). The molecule has 0 saturated carbocycles. The van der Waals surface area contributed by atoms with Gasteiger partial charge in [-0.25, -0.2) is 9.78 Å². The molecule has 1 aromatic heterocycles. The number of hydrogen-bond acceptors (Lipinski definition) is 2. The number of alkyl halides is 1. The molecular formula is C7H6INO2. The maximum Gasteiger partial charge on any atom is 0.354 e. The highest BCUT2D eigenvalue weighted by Crippen LogP contribution is 2.09. The molecule has 0 unspecified atom stereocenters. The van der Waals surface area contributed by atoms with Crippen LogP contribution in [-0.2, 0) is 4.43 Å². The Bertz CT molecular complexity index is 275. The van der Waals surface area contributed by atoms with Crippen LogP contribution >= 0.6 is 22.6 Å². The van der Waals surface area contributed by atoms with Crippen molar-refractivity contribution in [3.8, 4) is 0 Å². The fourth-order valence-electron chi connectivity index (χ4n) is 0.739. The van der Waals surface area contributed by atoms with Crippen LogP contribution in [0, 0.1) is 0 Å². The molecule has 58 valence electrons. The second-order valence-corrected chi connectivity index (χ2v) is 2.71. The average molecular weight is 263 g/mol. The lowest BCUT2D eigenvalue weighted by Gasteiger charge is -1.98. The van der Waals surface area contributed by atoms with E-state index in [0.717, 1.165) is 5.56 Å². The predicted octanol–water partition coefficient (Wildman–Crippen LogP) is 1.71. The number of carbonyl (C=O) groups is 1. The van der Waals surface area contributed by atoms with Gasteiger partial charge in [0, 0.05) is 10.6 Å². The fraction of sp³-hybridized carbons (Fsp3) is 0.143. The van der Waals surface area contributed by atoms with Crippen LogP contribution in [0.4, 0.5) is 0 Å². The van der Waals surface area contributed by atoms with Crippen molar-refractivity contribution >= 4 is 28.6 Å². The minimum Gasteiger partial charge on any atom is -0.477 e. The summed E-state index contributed by atoms with van der Waals surface area (Å²) in [5, 5.41) is 8.63. The molecule has 4 heteroatoms. The minimum absolute atomic E-state index is 0.155. The highest BCUT2D eigenvalue weighted by molar-refractivity contribution is 14.1. The Morgan fingerprint density at radius 3 is 2.91 bits per heavy atom. The second kappa shape index (κ2) is 3.66. The number of halogens is 1. The first-order chi connectivity index (χ1) is 5.25. The molecule has 1 N–H and O–H groups in total. The Kier molecular flexibility index (Phi) is 2.81. The third-order valence-corrected chi connectivity index (χ3v) is 2.06. The van der Waals surface area contributed by atoms with Crippen molar-refractivity contribution in [2.75, 3.05) is 0 Å². The molecule has 0 aliphatic rings. The Morgan fingerprint density at radius 1 is 1.73 bits per heavy atom. The van der Waals surface area contributed by atoms with E-state index in [4.69, 9.17) is 5.11 Å². The van der Waals surface area contributed by atoms with Gasteiger partial charge in [0.2, 0.25) is 0 Å². The number of rotatable bonds is 2. The molecule has 3 nitrogen and oxygen atoms in total. The van der Waals surface area contributed by atoms with Crippen LogP contribution in [-0.4, -0.2) is 16.1 Å². The predicted molar refractivity (Wildman–Crippen MR) is 48.9 cm³/mol. The molecule has 0 saturated heterocycles. The molecule has 0 aliphatic carbocycles. The van der Waals surface area contributed by atoms with E-state index in [1.165, 1.54) is 6.20 Å². The molecule has 1 rings (SSSR count). The van der Waals surface area contributed by atoms with Gasteiger partial charge in [-0.1, -0.05) is 28.7 Å². The van der Waals surface area contributed by atoms with Gasteiger partial charge in [0.15, 0.2) is 5.69 Å². The summed E-state index contributed by atoms with van der Waals surface area (Å²) < 4.78 is 0.674. The molecule has 0 aliphatic heterocycles. The van der Waals surface area contributed by atoms with Crippen LogP contribution in [0.2, 0.25) is 0 Å². The van der Waals surface area contributed by atoms with Crippen molar-refractivity contribution in [1.29, 1.82) is 0 Å². The van der Waals surface area contributed by atoms with E-state index in [1.54, 1.807) is 12.1 Å². The molecule has 1 aromatic rings. The average Bonchev–Trinajstić information content (AvgIpc) is 2.04. The molecule has 0 spiro atoms. The number of carboxylic acid groups (broad SMARTS) is 1. The molecule has 1 heterocycles. The zero-order chi connectivity index (χ0) is 8.27. The first kappa shape index (κ1) is 8.45. The van der Waals surface area contributed by atoms with E-state index in [2.05, 4.69) is 27.6 Å². The van der Waals surface area contributed by atoms with Crippen molar-refractivity contribution in [2.24, 2.45) is 0 Å².